The number of carboxylic acid groups (broad SMARTS) is 1. The highest BCUT2D eigenvalue weighted by molar-refractivity contribution is 9.10. The van der Waals surface area contributed by atoms with Crippen molar-refractivity contribution in [1.29, 1.82) is 0 Å². The van der Waals surface area contributed by atoms with Crippen LogP contribution in [0.5, 0.6) is 5.75 Å². The zero-order chi connectivity index (χ0) is 20.1. The number of imide groups is 1. The predicted octanol–water partition coefficient (Wildman–Crippen LogP) is 2.90. The number of carboxylic acids is 1. The van der Waals surface area contributed by atoms with Gasteiger partial charge < -0.3 is 14.6 Å². The van der Waals surface area contributed by atoms with Crippen LogP contribution in [0.4, 0.5) is 4.79 Å². The molecule has 2 rings (SSSR count). The normalized spacial score (nSPS) is 16.6. The highest BCUT2D eigenvalue weighted by Crippen LogP contribution is 2.35. The van der Waals surface area contributed by atoms with E-state index in [2.05, 4.69) is 15.9 Å². The van der Waals surface area contributed by atoms with Crippen LogP contribution in [-0.2, 0) is 19.1 Å². The van der Waals surface area contributed by atoms with E-state index in [4.69, 9.17) is 14.6 Å². The van der Waals surface area contributed by atoms with Crippen LogP contribution in [0, 0.1) is 0 Å². The van der Waals surface area contributed by atoms with E-state index in [0.717, 1.165) is 16.7 Å². The van der Waals surface area contributed by atoms with Crippen LogP contribution in [0.3, 0.4) is 0 Å². The van der Waals surface area contributed by atoms with Crippen LogP contribution in [0.2, 0.25) is 0 Å². The minimum atomic E-state index is -1.10. The zero-order valence-corrected chi connectivity index (χ0v) is 16.8. The largest absolute Gasteiger partial charge is 0.481 e. The highest BCUT2D eigenvalue weighted by atomic mass is 79.9. The van der Waals surface area contributed by atoms with E-state index in [0.29, 0.717) is 15.8 Å². The molecule has 1 aliphatic rings. The van der Waals surface area contributed by atoms with E-state index >= 15 is 0 Å². The van der Waals surface area contributed by atoms with Gasteiger partial charge in [0, 0.05) is 0 Å². The molecule has 1 aromatic carbocycles. The van der Waals surface area contributed by atoms with Gasteiger partial charge in [-0.15, -0.1) is 0 Å². The maximum atomic E-state index is 12.5. The number of carbonyl (C=O) groups excluding carboxylic acids is 3. The summed E-state index contributed by atoms with van der Waals surface area (Å²) in [7, 11) is 0. The smallest absolute Gasteiger partial charge is 0.341 e. The first kappa shape index (κ1) is 21.0. The molecule has 8 nitrogen and oxygen atoms in total. The molecule has 1 unspecified atom stereocenters. The van der Waals surface area contributed by atoms with Gasteiger partial charge in [0.2, 0.25) is 0 Å². The van der Waals surface area contributed by atoms with Crippen molar-refractivity contribution in [2.24, 2.45) is 0 Å². The van der Waals surface area contributed by atoms with Gasteiger partial charge in [-0.25, -0.2) is 9.59 Å². The number of nitrogens with zero attached hydrogens (tertiary/aromatic N) is 1. The molecule has 2 amide bonds. The van der Waals surface area contributed by atoms with Crippen molar-refractivity contribution in [3.8, 4) is 5.75 Å². The second kappa shape index (κ2) is 9.05. The summed E-state index contributed by atoms with van der Waals surface area (Å²) in [5.74, 6) is -1.99. The van der Waals surface area contributed by atoms with Crippen LogP contribution in [0.15, 0.2) is 27.6 Å². The van der Waals surface area contributed by atoms with Crippen LogP contribution in [0.25, 0.3) is 6.08 Å². The van der Waals surface area contributed by atoms with Gasteiger partial charge in [0.25, 0.3) is 11.1 Å². The van der Waals surface area contributed by atoms with Crippen molar-refractivity contribution in [3.63, 3.8) is 0 Å². The summed E-state index contributed by atoms with van der Waals surface area (Å²) < 4.78 is 10.5. The molecule has 0 saturated carbocycles. The van der Waals surface area contributed by atoms with Gasteiger partial charge in [-0.2, -0.15) is 0 Å². The Morgan fingerprint density at radius 2 is 2.07 bits per heavy atom. The Kier molecular flexibility index (Phi) is 7.03. The molecular formula is C17H16BrNO7S. The van der Waals surface area contributed by atoms with Gasteiger partial charge in [-0.3, -0.25) is 14.5 Å². The van der Waals surface area contributed by atoms with Crippen molar-refractivity contribution in [3.05, 3.63) is 33.1 Å². The molecule has 1 saturated heterocycles. The first-order chi connectivity index (χ1) is 12.7. The second-order valence-electron chi connectivity index (χ2n) is 5.35. The first-order valence-corrected chi connectivity index (χ1v) is 9.43. The average molecular weight is 458 g/mol. The molecule has 1 aromatic rings. The fourth-order valence-corrected chi connectivity index (χ4v) is 3.62. The summed E-state index contributed by atoms with van der Waals surface area (Å²) >= 11 is 4.00. The molecule has 27 heavy (non-hydrogen) atoms. The quantitative estimate of drug-likeness (QED) is 0.491. The van der Waals surface area contributed by atoms with E-state index in [-0.39, 0.29) is 11.5 Å². The van der Waals surface area contributed by atoms with E-state index in [1.54, 1.807) is 25.1 Å². The molecule has 0 radical (unpaired) electrons. The lowest BCUT2D eigenvalue weighted by Gasteiger charge is -2.19. The number of esters is 1. The number of hydrogen-bond acceptors (Lipinski definition) is 7. The summed E-state index contributed by atoms with van der Waals surface area (Å²) in [6, 6.07) is 3.77. The Balaban J connectivity index is 2.18. The second-order valence-corrected chi connectivity index (χ2v) is 7.20. The van der Waals surface area contributed by atoms with Gasteiger partial charge in [-0.05, 0) is 65.3 Å². The monoisotopic (exact) mass is 457 g/mol. The lowest BCUT2D eigenvalue weighted by Crippen LogP contribution is -2.42. The number of amides is 2. The highest BCUT2D eigenvalue weighted by Gasteiger charge is 2.41. The number of benzene rings is 1. The zero-order valence-electron chi connectivity index (χ0n) is 14.4. The van der Waals surface area contributed by atoms with Crippen LogP contribution in [-0.4, -0.2) is 52.3 Å². The lowest BCUT2D eigenvalue weighted by atomic mass is 10.2. The van der Waals surface area contributed by atoms with Crippen LogP contribution < -0.4 is 4.74 Å². The van der Waals surface area contributed by atoms with Crippen molar-refractivity contribution in [2.45, 2.75) is 19.9 Å². The SMILES string of the molecule is CCOC(=O)C(C)N1C(=O)SC(=Cc2ccc(OCC(=O)O)c(Br)c2)C1=O. The summed E-state index contributed by atoms with van der Waals surface area (Å²) in [5.41, 5.74) is 0.596. The summed E-state index contributed by atoms with van der Waals surface area (Å²) in [6.07, 6.45) is 1.51. The predicted molar refractivity (Wildman–Crippen MR) is 101 cm³/mol. The number of halogens is 1. The maximum absolute atomic E-state index is 12.5. The van der Waals surface area contributed by atoms with Crippen molar-refractivity contribution in [2.75, 3.05) is 13.2 Å². The molecule has 0 aliphatic carbocycles. The number of carbonyl (C=O) groups is 4. The molecule has 144 valence electrons. The Hall–Kier alpha value is -2.33. The topological polar surface area (TPSA) is 110 Å². The third kappa shape index (κ3) is 5.10. The molecule has 1 N–H and O–H groups in total. The third-order valence-electron chi connectivity index (χ3n) is 3.44. The minimum absolute atomic E-state index is 0.152. The van der Waals surface area contributed by atoms with Gasteiger partial charge in [-0.1, -0.05) is 6.07 Å². The van der Waals surface area contributed by atoms with E-state index in [9.17, 15) is 19.2 Å². The Labute approximate surface area is 167 Å². The fourth-order valence-electron chi connectivity index (χ4n) is 2.20. The Bertz CT molecular complexity index is 823. The van der Waals surface area contributed by atoms with Gasteiger partial charge in [0.1, 0.15) is 11.8 Å². The molecule has 1 fully saturated rings. The van der Waals surface area contributed by atoms with Crippen LogP contribution >= 0.6 is 27.7 Å². The van der Waals surface area contributed by atoms with Crippen molar-refractivity contribution >= 4 is 56.9 Å². The van der Waals surface area contributed by atoms with Gasteiger partial charge in [0.05, 0.1) is 16.0 Å². The molecule has 1 heterocycles. The number of hydrogen-bond donors (Lipinski definition) is 1. The fraction of sp³-hybridized carbons (Fsp3) is 0.294. The third-order valence-corrected chi connectivity index (χ3v) is 4.95. The minimum Gasteiger partial charge on any atom is -0.481 e. The standard InChI is InChI=1S/C17H16BrNO7S/c1-3-25-16(23)9(2)19-15(22)13(27-17(19)24)7-10-4-5-12(11(18)6-10)26-8-14(20)21/h4-7,9H,3,8H2,1-2H3,(H,20,21). The Morgan fingerprint density at radius 3 is 2.67 bits per heavy atom. The molecule has 1 atom stereocenters. The molecule has 0 spiro atoms. The Morgan fingerprint density at radius 1 is 1.37 bits per heavy atom. The average Bonchev–Trinajstić information content (AvgIpc) is 2.87. The van der Waals surface area contributed by atoms with E-state index in [1.165, 1.54) is 13.0 Å². The molecule has 1 aliphatic heterocycles. The first-order valence-electron chi connectivity index (χ1n) is 7.82. The summed E-state index contributed by atoms with van der Waals surface area (Å²) in [5, 5.41) is 8.10. The van der Waals surface area contributed by atoms with E-state index < -0.39 is 35.7 Å². The molecular weight excluding hydrogens is 442 g/mol. The number of ether oxygens (including phenoxy) is 2. The van der Waals surface area contributed by atoms with Crippen molar-refractivity contribution in [1.82, 2.24) is 4.90 Å². The lowest BCUT2D eigenvalue weighted by molar-refractivity contribution is -0.150. The number of aliphatic carboxylic acids is 1. The van der Waals surface area contributed by atoms with Crippen LogP contribution in [0.1, 0.15) is 19.4 Å². The molecule has 10 heteroatoms. The maximum Gasteiger partial charge on any atom is 0.341 e. The van der Waals surface area contributed by atoms with Gasteiger partial charge >= 0.3 is 11.9 Å². The van der Waals surface area contributed by atoms with E-state index in [1.807, 2.05) is 0 Å². The molecule has 0 aromatic heterocycles. The number of thioether (sulfide) groups is 1. The summed E-state index contributed by atoms with van der Waals surface area (Å²) in [4.78, 5) is 48.1. The van der Waals surface area contributed by atoms with Crippen molar-refractivity contribution < 1.29 is 33.8 Å². The number of rotatable bonds is 7. The summed E-state index contributed by atoms with van der Waals surface area (Å²) in [6.45, 7) is 2.74. The van der Waals surface area contributed by atoms with Gasteiger partial charge in [0.15, 0.2) is 6.61 Å². The molecule has 0 bridgehead atoms.